The van der Waals surface area contributed by atoms with Crippen LogP contribution < -0.4 is 10.5 Å². The number of carbonyl (C=O) groups is 1. The maximum absolute atomic E-state index is 14.2. The lowest BCUT2D eigenvalue weighted by atomic mass is 10.1. The van der Waals surface area contributed by atoms with Crippen molar-refractivity contribution in [1.82, 2.24) is 4.98 Å². The Morgan fingerprint density at radius 3 is 2.50 bits per heavy atom. The van der Waals surface area contributed by atoms with Gasteiger partial charge in [0.05, 0.1) is 0 Å². The van der Waals surface area contributed by atoms with Crippen molar-refractivity contribution in [1.29, 1.82) is 0 Å². The molecular formula is C19H16F2N2O3. The quantitative estimate of drug-likeness (QED) is 0.750. The van der Waals surface area contributed by atoms with Crippen LogP contribution in [-0.4, -0.2) is 10.9 Å². The second-order valence-electron chi connectivity index (χ2n) is 5.78. The van der Waals surface area contributed by atoms with E-state index in [9.17, 15) is 13.6 Å². The molecule has 0 radical (unpaired) electrons. The number of halogens is 2. The topological polar surface area (TPSA) is 78.4 Å². The number of carbonyl (C=O) groups excluding carboxylic acids is 1. The summed E-state index contributed by atoms with van der Waals surface area (Å²) in [6.07, 6.45) is 0. The number of aryl methyl sites for hydroxylation is 2. The largest absolute Gasteiger partial charge is 0.484 e. The first-order valence-electron chi connectivity index (χ1n) is 7.80. The van der Waals surface area contributed by atoms with E-state index in [0.717, 1.165) is 23.3 Å². The molecule has 0 aliphatic carbocycles. The summed E-state index contributed by atoms with van der Waals surface area (Å²) in [4.78, 5) is 15.5. The zero-order valence-corrected chi connectivity index (χ0v) is 14.2. The van der Waals surface area contributed by atoms with Crippen molar-refractivity contribution in [3.8, 4) is 17.2 Å². The van der Waals surface area contributed by atoms with Gasteiger partial charge in [-0.3, -0.25) is 4.79 Å². The standard InChI is InChI=1S/C19H16F2N2O3/c1-10-3-5-12(6-4-10)19-23-14(11(2)26-19)9-25-15-8-7-13(20)16(17(15)21)18(22)24/h3-8H,9H2,1-2H3,(H2,22,24). The molecule has 3 rings (SSSR count). The van der Waals surface area contributed by atoms with E-state index in [0.29, 0.717) is 17.3 Å². The molecule has 1 aromatic heterocycles. The molecule has 134 valence electrons. The first kappa shape index (κ1) is 17.6. The molecule has 0 bridgehead atoms. The van der Waals surface area contributed by atoms with Crippen molar-refractivity contribution < 1.29 is 22.7 Å². The van der Waals surface area contributed by atoms with Gasteiger partial charge in [0.15, 0.2) is 11.6 Å². The van der Waals surface area contributed by atoms with Crippen LogP contribution >= 0.6 is 0 Å². The fourth-order valence-electron chi connectivity index (χ4n) is 2.40. The van der Waals surface area contributed by atoms with Gasteiger partial charge in [-0.1, -0.05) is 17.7 Å². The summed E-state index contributed by atoms with van der Waals surface area (Å²) in [6, 6.07) is 9.64. The first-order valence-corrected chi connectivity index (χ1v) is 7.80. The average molecular weight is 358 g/mol. The van der Waals surface area contributed by atoms with Crippen molar-refractivity contribution in [2.45, 2.75) is 20.5 Å². The van der Waals surface area contributed by atoms with E-state index in [1.807, 2.05) is 31.2 Å². The highest BCUT2D eigenvalue weighted by atomic mass is 19.1. The van der Waals surface area contributed by atoms with E-state index in [1.165, 1.54) is 0 Å². The summed E-state index contributed by atoms with van der Waals surface area (Å²) < 4.78 is 38.7. The number of benzene rings is 2. The Morgan fingerprint density at radius 1 is 1.15 bits per heavy atom. The summed E-state index contributed by atoms with van der Waals surface area (Å²) in [5, 5.41) is 0. The van der Waals surface area contributed by atoms with Crippen LogP contribution in [0.5, 0.6) is 5.75 Å². The highest BCUT2D eigenvalue weighted by Gasteiger charge is 2.20. The SMILES string of the molecule is Cc1ccc(-c2nc(COc3ccc(F)c(C(N)=O)c3F)c(C)o2)cc1. The lowest BCUT2D eigenvalue weighted by Gasteiger charge is -2.08. The lowest BCUT2D eigenvalue weighted by Crippen LogP contribution is -2.16. The number of hydrogen-bond acceptors (Lipinski definition) is 4. The molecule has 1 heterocycles. The summed E-state index contributed by atoms with van der Waals surface area (Å²) in [5.74, 6) is -2.75. The second kappa shape index (κ2) is 6.95. The van der Waals surface area contributed by atoms with E-state index >= 15 is 0 Å². The van der Waals surface area contributed by atoms with Gasteiger partial charge in [-0.2, -0.15) is 0 Å². The lowest BCUT2D eigenvalue weighted by molar-refractivity contribution is 0.0991. The molecule has 0 atom stereocenters. The van der Waals surface area contributed by atoms with Gasteiger partial charge in [0.2, 0.25) is 5.89 Å². The normalized spacial score (nSPS) is 10.8. The van der Waals surface area contributed by atoms with E-state index in [4.69, 9.17) is 14.9 Å². The highest BCUT2D eigenvalue weighted by Crippen LogP contribution is 2.26. The van der Waals surface area contributed by atoms with Crippen LogP contribution in [0.25, 0.3) is 11.5 Å². The van der Waals surface area contributed by atoms with Gasteiger partial charge in [-0.05, 0) is 38.1 Å². The van der Waals surface area contributed by atoms with Gasteiger partial charge in [0.25, 0.3) is 5.91 Å². The van der Waals surface area contributed by atoms with E-state index in [2.05, 4.69) is 4.98 Å². The van der Waals surface area contributed by atoms with Crippen LogP contribution in [0.4, 0.5) is 8.78 Å². The van der Waals surface area contributed by atoms with Crippen LogP contribution in [0.3, 0.4) is 0 Å². The summed E-state index contributed by atoms with van der Waals surface area (Å²) >= 11 is 0. The Hall–Kier alpha value is -3.22. The number of aromatic nitrogens is 1. The third kappa shape index (κ3) is 3.42. The highest BCUT2D eigenvalue weighted by molar-refractivity contribution is 5.93. The monoisotopic (exact) mass is 358 g/mol. The first-order chi connectivity index (χ1) is 12.4. The molecule has 5 nitrogen and oxygen atoms in total. The number of primary amides is 1. The molecule has 1 amide bonds. The maximum atomic E-state index is 14.2. The van der Waals surface area contributed by atoms with Crippen molar-refractivity contribution in [3.05, 3.63) is 70.6 Å². The zero-order chi connectivity index (χ0) is 18.8. The van der Waals surface area contributed by atoms with Gasteiger partial charge >= 0.3 is 0 Å². The van der Waals surface area contributed by atoms with Crippen LogP contribution in [0, 0.1) is 25.5 Å². The number of ether oxygens (including phenoxy) is 1. The Morgan fingerprint density at radius 2 is 1.85 bits per heavy atom. The van der Waals surface area contributed by atoms with Gasteiger partial charge in [-0.25, -0.2) is 13.8 Å². The third-order valence-corrected chi connectivity index (χ3v) is 3.86. The van der Waals surface area contributed by atoms with Crippen LogP contribution in [0.15, 0.2) is 40.8 Å². The van der Waals surface area contributed by atoms with Crippen molar-refractivity contribution in [3.63, 3.8) is 0 Å². The minimum atomic E-state index is -1.20. The molecule has 0 saturated carbocycles. The molecule has 3 aromatic rings. The molecule has 2 N–H and O–H groups in total. The molecule has 0 aliphatic rings. The Bertz CT molecular complexity index is 966. The Labute approximate surface area is 148 Å². The smallest absolute Gasteiger partial charge is 0.254 e. The number of nitrogens with zero attached hydrogens (tertiary/aromatic N) is 1. The molecule has 0 saturated heterocycles. The average Bonchev–Trinajstić information content (AvgIpc) is 2.95. The predicted octanol–water partition coefficient (Wildman–Crippen LogP) is 3.91. The molecular weight excluding hydrogens is 342 g/mol. The van der Waals surface area contributed by atoms with E-state index < -0.39 is 23.1 Å². The van der Waals surface area contributed by atoms with Crippen LogP contribution in [0.2, 0.25) is 0 Å². The zero-order valence-electron chi connectivity index (χ0n) is 14.2. The number of nitrogens with two attached hydrogens (primary N) is 1. The van der Waals surface area contributed by atoms with Crippen molar-refractivity contribution >= 4 is 5.91 Å². The fraction of sp³-hybridized carbons (Fsp3) is 0.158. The molecule has 7 heteroatoms. The number of oxazole rings is 1. The summed E-state index contributed by atoms with van der Waals surface area (Å²) in [6.45, 7) is 3.57. The Kier molecular flexibility index (Phi) is 4.71. The van der Waals surface area contributed by atoms with Gasteiger partial charge in [0.1, 0.15) is 29.4 Å². The minimum absolute atomic E-state index is 0.109. The maximum Gasteiger partial charge on any atom is 0.254 e. The fourth-order valence-corrected chi connectivity index (χ4v) is 2.40. The number of hydrogen-bond donors (Lipinski definition) is 1. The van der Waals surface area contributed by atoms with Crippen LogP contribution in [0.1, 0.15) is 27.4 Å². The van der Waals surface area contributed by atoms with Gasteiger partial charge in [-0.15, -0.1) is 0 Å². The molecule has 2 aromatic carbocycles. The molecule has 0 aliphatic heterocycles. The molecule has 0 unspecified atom stereocenters. The number of rotatable bonds is 5. The van der Waals surface area contributed by atoms with Gasteiger partial charge in [0, 0.05) is 5.56 Å². The van der Waals surface area contributed by atoms with E-state index in [1.54, 1.807) is 6.92 Å². The molecule has 26 heavy (non-hydrogen) atoms. The minimum Gasteiger partial charge on any atom is -0.484 e. The molecule has 0 spiro atoms. The van der Waals surface area contributed by atoms with Crippen molar-refractivity contribution in [2.24, 2.45) is 5.73 Å². The van der Waals surface area contributed by atoms with E-state index in [-0.39, 0.29) is 12.4 Å². The third-order valence-electron chi connectivity index (χ3n) is 3.86. The second-order valence-corrected chi connectivity index (χ2v) is 5.78. The van der Waals surface area contributed by atoms with Crippen molar-refractivity contribution in [2.75, 3.05) is 0 Å². The number of amides is 1. The predicted molar refractivity (Wildman–Crippen MR) is 90.6 cm³/mol. The Balaban J connectivity index is 1.82. The summed E-state index contributed by atoms with van der Waals surface area (Å²) in [7, 11) is 0. The molecule has 0 fully saturated rings. The van der Waals surface area contributed by atoms with Crippen LogP contribution in [-0.2, 0) is 6.61 Å². The van der Waals surface area contributed by atoms with Gasteiger partial charge < -0.3 is 14.9 Å². The summed E-state index contributed by atoms with van der Waals surface area (Å²) in [5.41, 5.74) is 6.53.